The van der Waals surface area contributed by atoms with Crippen LogP contribution in [0.3, 0.4) is 0 Å². The van der Waals surface area contributed by atoms with Crippen LogP contribution in [0.15, 0.2) is 59.6 Å². The third-order valence-electron chi connectivity index (χ3n) is 3.13. The number of aromatic nitrogens is 1. The van der Waals surface area contributed by atoms with Crippen LogP contribution in [0, 0.1) is 5.82 Å². The van der Waals surface area contributed by atoms with Crippen LogP contribution in [0.2, 0.25) is 5.02 Å². The first-order valence-corrected chi connectivity index (χ1v) is 8.22. The molecule has 0 unspecified atom stereocenters. The minimum atomic E-state index is -0.517. The number of thioether (sulfide) groups is 1. The molecule has 3 nitrogen and oxygen atoms in total. The number of fused-ring (bicyclic) bond motifs is 1. The molecular weight excluding hydrogens is 335 g/mol. The Balaban J connectivity index is 1.64. The zero-order valence-electron chi connectivity index (χ0n) is 11.9. The van der Waals surface area contributed by atoms with Gasteiger partial charge in [-0.1, -0.05) is 47.6 Å². The molecule has 0 aliphatic rings. The normalized spacial score (nSPS) is 10.7. The predicted octanol–water partition coefficient (Wildman–Crippen LogP) is 4.76. The zero-order chi connectivity index (χ0) is 16.2. The van der Waals surface area contributed by atoms with E-state index in [2.05, 4.69) is 10.3 Å². The maximum absolute atomic E-state index is 13.6. The van der Waals surface area contributed by atoms with E-state index in [9.17, 15) is 9.18 Å². The molecule has 3 rings (SSSR count). The van der Waals surface area contributed by atoms with Gasteiger partial charge < -0.3 is 5.32 Å². The molecule has 0 atom stereocenters. The second-order valence-corrected chi connectivity index (χ2v) is 6.24. The summed E-state index contributed by atoms with van der Waals surface area (Å²) >= 11 is 7.09. The van der Waals surface area contributed by atoms with Gasteiger partial charge in [-0.05, 0) is 30.3 Å². The molecule has 116 valence electrons. The standard InChI is InChI=1S/C17H12ClFN2OS/c18-12-6-7-13(19)15(9-12)20-16(22)10-23-17-8-5-11-3-1-2-4-14(11)21-17/h1-9H,10H2,(H,20,22). The number of anilines is 1. The van der Waals surface area contributed by atoms with Crippen LogP contribution in [0.1, 0.15) is 0 Å². The Labute approximate surface area is 141 Å². The van der Waals surface area contributed by atoms with Crippen molar-refractivity contribution in [2.45, 2.75) is 5.03 Å². The fraction of sp³-hybridized carbons (Fsp3) is 0.0588. The second kappa shape index (κ2) is 6.98. The lowest BCUT2D eigenvalue weighted by molar-refractivity contribution is -0.113. The Morgan fingerprint density at radius 3 is 2.87 bits per heavy atom. The Bertz CT molecular complexity index is 872. The largest absolute Gasteiger partial charge is 0.323 e. The first kappa shape index (κ1) is 15.8. The molecule has 0 aliphatic carbocycles. The minimum absolute atomic E-state index is 0.0783. The van der Waals surface area contributed by atoms with Gasteiger partial charge in [0.05, 0.1) is 22.0 Å². The fourth-order valence-corrected chi connectivity index (χ4v) is 2.90. The average Bonchev–Trinajstić information content (AvgIpc) is 2.56. The minimum Gasteiger partial charge on any atom is -0.323 e. The highest BCUT2D eigenvalue weighted by molar-refractivity contribution is 7.99. The van der Waals surface area contributed by atoms with Crippen molar-refractivity contribution in [1.82, 2.24) is 4.98 Å². The topological polar surface area (TPSA) is 42.0 Å². The summed E-state index contributed by atoms with van der Waals surface area (Å²) in [5.74, 6) is -0.695. The Kier molecular flexibility index (Phi) is 4.79. The summed E-state index contributed by atoms with van der Waals surface area (Å²) in [5.41, 5.74) is 0.952. The molecule has 1 amide bonds. The highest BCUT2D eigenvalue weighted by Gasteiger charge is 2.09. The average molecular weight is 347 g/mol. The van der Waals surface area contributed by atoms with Crippen LogP contribution < -0.4 is 5.32 Å². The molecule has 0 saturated carbocycles. The molecule has 0 radical (unpaired) electrons. The summed E-state index contributed by atoms with van der Waals surface area (Å²) in [6, 6.07) is 15.6. The molecule has 0 saturated heterocycles. The maximum atomic E-state index is 13.6. The van der Waals surface area contributed by atoms with Gasteiger partial charge in [0.2, 0.25) is 5.91 Å². The van der Waals surface area contributed by atoms with Crippen molar-refractivity contribution in [3.05, 3.63) is 65.4 Å². The maximum Gasteiger partial charge on any atom is 0.234 e. The first-order chi connectivity index (χ1) is 11.1. The van der Waals surface area contributed by atoms with E-state index in [1.807, 2.05) is 36.4 Å². The molecule has 2 aromatic carbocycles. The summed E-state index contributed by atoms with van der Waals surface area (Å²) in [6.07, 6.45) is 0. The number of benzene rings is 2. The van der Waals surface area contributed by atoms with Crippen molar-refractivity contribution in [3.8, 4) is 0 Å². The number of nitrogens with one attached hydrogen (secondary N) is 1. The van der Waals surface area contributed by atoms with Gasteiger partial charge in [-0.15, -0.1) is 0 Å². The molecule has 23 heavy (non-hydrogen) atoms. The van der Waals surface area contributed by atoms with Gasteiger partial charge in [0, 0.05) is 10.4 Å². The van der Waals surface area contributed by atoms with Crippen molar-refractivity contribution in [1.29, 1.82) is 0 Å². The molecule has 0 aliphatic heterocycles. The van der Waals surface area contributed by atoms with Crippen LogP contribution in [-0.2, 0) is 4.79 Å². The third-order valence-corrected chi connectivity index (χ3v) is 4.29. The van der Waals surface area contributed by atoms with Crippen LogP contribution >= 0.6 is 23.4 Å². The van der Waals surface area contributed by atoms with E-state index in [1.165, 1.54) is 30.0 Å². The summed E-state index contributed by atoms with van der Waals surface area (Å²) < 4.78 is 13.6. The number of halogens is 2. The first-order valence-electron chi connectivity index (χ1n) is 6.85. The summed E-state index contributed by atoms with van der Waals surface area (Å²) in [4.78, 5) is 16.4. The molecule has 1 N–H and O–H groups in total. The molecule has 1 aromatic heterocycles. The van der Waals surface area contributed by atoms with Gasteiger partial charge in [-0.2, -0.15) is 0 Å². The van der Waals surface area contributed by atoms with E-state index >= 15 is 0 Å². The Morgan fingerprint density at radius 1 is 1.17 bits per heavy atom. The SMILES string of the molecule is O=C(CSc1ccc2ccccc2n1)Nc1cc(Cl)ccc1F. The number of carbonyl (C=O) groups excluding carboxylic acids is 1. The second-order valence-electron chi connectivity index (χ2n) is 4.80. The van der Waals surface area contributed by atoms with Crippen molar-refractivity contribution in [2.75, 3.05) is 11.1 Å². The Morgan fingerprint density at radius 2 is 2.00 bits per heavy atom. The van der Waals surface area contributed by atoms with Crippen LogP contribution in [-0.4, -0.2) is 16.6 Å². The lowest BCUT2D eigenvalue weighted by atomic mass is 10.2. The van der Waals surface area contributed by atoms with Gasteiger partial charge in [-0.3, -0.25) is 4.79 Å². The number of amides is 1. The van der Waals surface area contributed by atoms with E-state index in [0.29, 0.717) is 5.02 Å². The number of rotatable bonds is 4. The monoisotopic (exact) mass is 346 g/mol. The van der Waals surface area contributed by atoms with E-state index in [-0.39, 0.29) is 17.3 Å². The number of hydrogen-bond acceptors (Lipinski definition) is 3. The van der Waals surface area contributed by atoms with Gasteiger partial charge in [0.25, 0.3) is 0 Å². The fourth-order valence-electron chi connectivity index (χ4n) is 2.05. The van der Waals surface area contributed by atoms with Gasteiger partial charge in [0.1, 0.15) is 5.82 Å². The molecule has 0 bridgehead atoms. The molecule has 0 fully saturated rings. The van der Waals surface area contributed by atoms with E-state index in [1.54, 1.807) is 0 Å². The number of nitrogens with zero attached hydrogens (tertiary/aromatic N) is 1. The van der Waals surface area contributed by atoms with Crippen molar-refractivity contribution in [3.63, 3.8) is 0 Å². The molecule has 1 heterocycles. The van der Waals surface area contributed by atoms with Crippen molar-refractivity contribution >= 4 is 45.9 Å². The molecule has 3 aromatic rings. The van der Waals surface area contributed by atoms with Gasteiger partial charge >= 0.3 is 0 Å². The van der Waals surface area contributed by atoms with Crippen LogP contribution in [0.4, 0.5) is 10.1 Å². The zero-order valence-corrected chi connectivity index (χ0v) is 13.5. The highest BCUT2D eigenvalue weighted by Crippen LogP contribution is 2.22. The lowest BCUT2D eigenvalue weighted by Gasteiger charge is -2.07. The van der Waals surface area contributed by atoms with Crippen LogP contribution in [0.5, 0.6) is 0 Å². The Hall–Kier alpha value is -2.11. The smallest absolute Gasteiger partial charge is 0.234 e. The molecule has 0 spiro atoms. The van der Waals surface area contributed by atoms with Gasteiger partial charge in [0.15, 0.2) is 0 Å². The summed E-state index contributed by atoms with van der Waals surface area (Å²) in [6.45, 7) is 0. The van der Waals surface area contributed by atoms with Crippen molar-refractivity contribution < 1.29 is 9.18 Å². The summed E-state index contributed by atoms with van der Waals surface area (Å²) in [5, 5.41) is 4.66. The van der Waals surface area contributed by atoms with E-state index < -0.39 is 5.82 Å². The number of pyridine rings is 1. The van der Waals surface area contributed by atoms with Crippen molar-refractivity contribution in [2.24, 2.45) is 0 Å². The van der Waals surface area contributed by atoms with Gasteiger partial charge in [-0.25, -0.2) is 9.37 Å². The van der Waals surface area contributed by atoms with Crippen LogP contribution in [0.25, 0.3) is 10.9 Å². The van der Waals surface area contributed by atoms with E-state index in [0.717, 1.165) is 15.9 Å². The molecular formula is C17H12ClFN2OS. The number of hydrogen-bond donors (Lipinski definition) is 1. The highest BCUT2D eigenvalue weighted by atomic mass is 35.5. The molecule has 6 heteroatoms. The number of carbonyl (C=O) groups is 1. The third kappa shape index (κ3) is 4.00. The summed E-state index contributed by atoms with van der Waals surface area (Å²) in [7, 11) is 0. The lowest BCUT2D eigenvalue weighted by Crippen LogP contribution is -2.15. The quantitative estimate of drug-likeness (QED) is 0.693. The van der Waals surface area contributed by atoms with E-state index in [4.69, 9.17) is 11.6 Å². The predicted molar refractivity (Wildman–Crippen MR) is 92.5 cm³/mol. The number of para-hydroxylation sites is 1.